The number of carbonyl (C=O) groups is 3. The minimum absolute atomic E-state index is 0.0709. The van der Waals surface area contributed by atoms with E-state index in [9.17, 15) is 14.4 Å². The van der Waals surface area contributed by atoms with Crippen molar-refractivity contribution in [2.24, 2.45) is 0 Å². The van der Waals surface area contributed by atoms with Gasteiger partial charge in [-0.05, 0) is 70.6 Å². The van der Waals surface area contributed by atoms with Crippen LogP contribution < -0.4 is 0 Å². The molecule has 0 rings (SSSR count). The van der Waals surface area contributed by atoms with Gasteiger partial charge in [-0.15, -0.1) is 0 Å². The van der Waals surface area contributed by atoms with E-state index in [1.165, 1.54) is 225 Å². The van der Waals surface area contributed by atoms with Crippen molar-refractivity contribution in [2.75, 3.05) is 13.2 Å². The van der Waals surface area contributed by atoms with Crippen LogP contribution in [0.2, 0.25) is 0 Å². The molecule has 0 saturated carbocycles. The zero-order chi connectivity index (χ0) is 57.8. The quantitative estimate of drug-likeness (QED) is 0.0261. The van der Waals surface area contributed by atoms with Crippen molar-refractivity contribution in [1.82, 2.24) is 0 Å². The minimum Gasteiger partial charge on any atom is -0.462 e. The van der Waals surface area contributed by atoms with Crippen molar-refractivity contribution < 1.29 is 28.6 Å². The molecule has 0 aromatic heterocycles. The molecule has 6 nitrogen and oxygen atoms in total. The van der Waals surface area contributed by atoms with Gasteiger partial charge in [0.25, 0.3) is 0 Å². The predicted octanol–water partition coefficient (Wildman–Crippen LogP) is 24.1. The number of esters is 3. The fourth-order valence-corrected chi connectivity index (χ4v) is 10.3. The van der Waals surface area contributed by atoms with Gasteiger partial charge in [-0.2, -0.15) is 0 Å². The Balaban J connectivity index is 4.18. The van der Waals surface area contributed by atoms with Gasteiger partial charge in [0.2, 0.25) is 0 Å². The second-order valence-electron chi connectivity index (χ2n) is 23.4. The zero-order valence-corrected chi connectivity index (χ0v) is 53.3. The van der Waals surface area contributed by atoms with E-state index in [4.69, 9.17) is 14.2 Å². The van der Waals surface area contributed by atoms with Crippen LogP contribution in [0, 0.1) is 0 Å². The number of hydrogen-bond donors (Lipinski definition) is 0. The van der Waals surface area contributed by atoms with Crippen molar-refractivity contribution in [2.45, 2.75) is 367 Å². The largest absolute Gasteiger partial charge is 0.462 e. The van der Waals surface area contributed by atoms with Gasteiger partial charge in [0.15, 0.2) is 6.10 Å². The topological polar surface area (TPSA) is 78.9 Å². The Bertz CT molecular complexity index is 1470. The van der Waals surface area contributed by atoms with Gasteiger partial charge in [0.1, 0.15) is 13.2 Å². The zero-order valence-electron chi connectivity index (χ0n) is 53.3. The summed E-state index contributed by atoms with van der Waals surface area (Å²) >= 11 is 0. The summed E-state index contributed by atoms with van der Waals surface area (Å²) in [6.45, 7) is 6.57. The molecule has 6 heteroatoms. The van der Waals surface area contributed by atoms with E-state index in [0.717, 1.165) is 96.3 Å². The molecule has 0 spiro atoms. The number of allylic oxidation sites excluding steroid dienone is 12. The Morgan fingerprint density at radius 3 is 0.762 bits per heavy atom. The molecule has 0 bridgehead atoms. The molecule has 464 valence electrons. The standard InChI is InChI=1S/C74H132O6/c1-4-7-10-13-16-19-22-24-26-28-30-32-34-35-36-37-38-39-41-42-44-46-48-50-52-55-58-61-64-67-73(76)79-70-71(69-78-72(75)66-63-60-57-54-21-18-15-12-9-6-3)80-74(77)68-65-62-59-56-53-51-49-47-45-43-40-33-31-29-27-25-23-20-17-14-11-8-5-2/h7,10,16,19,24,26,30,32,35-36,38-39,71H,4-6,8-9,11-15,17-18,20-23,25,27-29,31,33-34,37,40-70H2,1-3H3/b10-7-,19-16-,26-24-,32-30-,36-35-,39-38-. The summed E-state index contributed by atoms with van der Waals surface area (Å²) < 4.78 is 17.0. The molecule has 1 atom stereocenters. The van der Waals surface area contributed by atoms with Crippen LogP contribution >= 0.6 is 0 Å². The summed E-state index contributed by atoms with van der Waals surface area (Å²) in [6.07, 6.45) is 89.3. The van der Waals surface area contributed by atoms with E-state index >= 15 is 0 Å². The SMILES string of the molecule is CC/C=C\C/C=C\C/C=C\C/C=C\C/C=C\C/C=C\CCCCCCCCCCCCC(=O)OCC(COC(=O)CCCCCCCCCCCC)OC(=O)CCCCCCCCCCCCCCCCCCCCCCCCC. The third-order valence-electron chi connectivity index (χ3n) is 15.5. The van der Waals surface area contributed by atoms with Crippen LogP contribution in [0.1, 0.15) is 361 Å². The Morgan fingerprint density at radius 2 is 0.487 bits per heavy atom. The molecule has 0 aliphatic carbocycles. The predicted molar refractivity (Wildman–Crippen MR) is 348 cm³/mol. The lowest BCUT2D eigenvalue weighted by Gasteiger charge is -2.18. The van der Waals surface area contributed by atoms with E-state index in [0.29, 0.717) is 19.3 Å². The molecular weight excluding hydrogens is 985 g/mol. The van der Waals surface area contributed by atoms with Gasteiger partial charge in [0, 0.05) is 19.3 Å². The van der Waals surface area contributed by atoms with Gasteiger partial charge in [-0.3, -0.25) is 14.4 Å². The van der Waals surface area contributed by atoms with Crippen LogP contribution in [-0.4, -0.2) is 37.2 Å². The van der Waals surface area contributed by atoms with Gasteiger partial charge >= 0.3 is 17.9 Å². The maximum absolute atomic E-state index is 12.9. The van der Waals surface area contributed by atoms with Crippen molar-refractivity contribution in [3.63, 3.8) is 0 Å². The molecule has 0 fully saturated rings. The van der Waals surface area contributed by atoms with Crippen molar-refractivity contribution in [1.29, 1.82) is 0 Å². The average Bonchev–Trinajstić information content (AvgIpc) is 3.46. The maximum atomic E-state index is 12.9. The lowest BCUT2D eigenvalue weighted by atomic mass is 10.0. The second-order valence-corrected chi connectivity index (χ2v) is 23.4. The van der Waals surface area contributed by atoms with Crippen LogP contribution in [0.4, 0.5) is 0 Å². The highest BCUT2D eigenvalue weighted by Gasteiger charge is 2.19. The number of hydrogen-bond acceptors (Lipinski definition) is 6. The Labute approximate surface area is 497 Å². The van der Waals surface area contributed by atoms with Crippen LogP contribution in [0.5, 0.6) is 0 Å². The molecule has 0 radical (unpaired) electrons. The van der Waals surface area contributed by atoms with E-state index in [1.807, 2.05) is 0 Å². The lowest BCUT2D eigenvalue weighted by Crippen LogP contribution is -2.30. The molecule has 0 amide bonds. The third-order valence-corrected chi connectivity index (χ3v) is 15.5. The Kier molecular flexibility index (Phi) is 65.7. The molecular formula is C74H132O6. The normalized spacial score (nSPS) is 12.5. The van der Waals surface area contributed by atoms with Crippen LogP contribution in [0.3, 0.4) is 0 Å². The highest BCUT2D eigenvalue weighted by atomic mass is 16.6. The number of ether oxygens (including phenoxy) is 3. The summed E-state index contributed by atoms with van der Waals surface area (Å²) in [5.74, 6) is -0.855. The monoisotopic (exact) mass is 1120 g/mol. The van der Waals surface area contributed by atoms with E-state index in [-0.39, 0.29) is 31.1 Å². The highest BCUT2D eigenvalue weighted by Crippen LogP contribution is 2.18. The summed E-state index contributed by atoms with van der Waals surface area (Å²) in [5.41, 5.74) is 0. The Morgan fingerprint density at radius 1 is 0.263 bits per heavy atom. The van der Waals surface area contributed by atoms with Crippen molar-refractivity contribution in [3.05, 3.63) is 72.9 Å². The van der Waals surface area contributed by atoms with Gasteiger partial charge in [-0.1, -0.05) is 344 Å². The molecule has 80 heavy (non-hydrogen) atoms. The van der Waals surface area contributed by atoms with Crippen LogP contribution in [-0.2, 0) is 28.6 Å². The fraction of sp³-hybridized carbons (Fsp3) is 0.797. The number of carbonyl (C=O) groups excluding carboxylic acids is 3. The molecule has 0 saturated heterocycles. The highest BCUT2D eigenvalue weighted by molar-refractivity contribution is 5.71. The van der Waals surface area contributed by atoms with E-state index < -0.39 is 6.10 Å². The van der Waals surface area contributed by atoms with Crippen molar-refractivity contribution >= 4 is 17.9 Å². The molecule has 0 N–H and O–H groups in total. The molecule has 1 unspecified atom stereocenters. The fourth-order valence-electron chi connectivity index (χ4n) is 10.3. The third kappa shape index (κ3) is 65.7. The molecule has 0 heterocycles. The summed E-state index contributed by atoms with van der Waals surface area (Å²) in [5, 5.41) is 0. The smallest absolute Gasteiger partial charge is 0.306 e. The second kappa shape index (κ2) is 68.3. The first-order chi connectivity index (χ1) is 39.5. The number of rotatable bonds is 64. The first kappa shape index (κ1) is 76.9. The molecule has 0 aliphatic rings. The molecule has 0 aliphatic heterocycles. The number of unbranched alkanes of at least 4 members (excludes halogenated alkanes) is 41. The average molecular weight is 1120 g/mol. The first-order valence-corrected chi connectivity index (χ1v) is 34.9. The Hall–Kier alpha value is -3.15. The maximum Gasteiger partial charge on any atom is 0.306 e. The first-order valence-electron chi connectivity index (χ1n) is 34.9. The summed E-state index contributed by atoms with van der Waals surface area (Å²) in [4.78, 5) is 38.3. The van der Waals surface area contributed by atoms with Crippen LogP contribution in [0.15, 0.2) is 72.9 Å². The van der Waals surface area contributed by atoms with E-state index in [2.05, 4.69) is 93.7 Å². The van der Waals surface area contributed by atoms with Crippen LogP contribution in [0.25, 0.3) is 0 Å². The van der Waals surface area contributed by atoms with Crippen molar-refractivity contribution in [3.8, 4) is 0 Å². The molecule has 0 aromatic carbocycles. The lowest BCUT2D eigenvalue weighted by molar-refractivity contribution is -0.167. The molecule has 0 aromatic rings. The minimum atomic E-state index is -0.774. The van der Waals surface area contributed by atoms with Gasteiger partial charge < -0.3 is 14.2 Å². The van der Waals surface area contributed by atoms with E-state index in [1.54, 1.807) is 0 Å². The van der Waals surface area contributed by atoms with Gasteiger partial charge in [0.05, 0.1) is 0 Å². The summed E-state index contributed by atoms with van der Waals surface area (Å²) in [7, 11) is 0. The summed E-state index contributed by atoms with van der Waals surface area (Å²) in [6, 6.07) is 0. The van der Waals surface area contributed by atoms with Gasteiger partial charge in [-0.25, -0.2) is 0 Å².